The fourth-order valence-electron chi connectivity index (χ4n) is 3.99. The van der Waals surface area contributed by atoms with Crippen molar-refractivity contribution in [3.05, 3.63) is 76.3 Å². The number of benzene rings is 2. The van der Waals surface area contributed by atoms with Crippen LogP contribution in [0.5, 0.6) is 0 Å². The average Bonchev–Trinajstić information content (AvgIpc) is 3.25. The van der Waals surface area contributed by atoms with Gasteiger partial charge in [0.1, 0.15) is 0 Å². The van der Waals surface area contributed by atoms with Crippen LogP contribution < -0.4 is 5.32 Å². The molecule has 1 aromatic heterocycles. The number of aromatic nitrogens is 2. The number of unbranched alkanes of at least 4 members (excludes halogenated alkanes) is 1. The number of rotatable bonds is 6. The van der Waals surface area contributed by atoms with Crippen molar-refractivity contribution in [3.63, 3.8) is 0 Å². The largest absolute Gasteiger partial charge is 0.351 e. The molecule has 1 atom stereocenters. The van der Waals surface area contributed by atoms with Gasteiger partial charge in [-0.15, -0.1) is 0 Å². The van der Waals surface area contributed by atoms with Crippen LogP contribution in [0.15, 0.2) is 52.7 Å². The Morgan fingerprint density at radius 1 is 1.03 bits per heavy atom. The molecule has 6 heteroatoms. The Hall–Kier alpha value is -2.99. The molecule has 1 N–H and O–H groups in total. The molecule has 32 heavy (non-hydrogen) atoms. The molecule has 0 amide bonds. The van der Waals surface area contributed by atoms with E-state index in [2.05, 4.69) is 80.3 Å². The summed E-state index contributed by atoms with van der Waals surface area (Å²) in [5.41, 5.74) is 7.81. The maximum atomic E-state index is 5.82. The third kappa shape index (κ3) is 4.32. The van der Waals surface area contributed by atoms with Gasteiger partial charge in [-0.25, -0.2) is 0 Å². The van der Waals surface area contributed by atoms with Crippen LogP contribution in [0.3, 0.4) is 0 Å². The van der Waals surface area contributed by atoms with E-state index in [1.165, 1.54) is 16.7 Å². The van der Waals surface area contributed by atoms with Gasteiger partial charge in [-0.1, -0.05) is 66.5 Å². The summed E-state index contributed by atoms with van der Waals surface area (Å²) in [4.78, 5) is 6.95. The maximum Gasteiger partial charge on any atom is 0.258 e. The van der Waals surface area contributed by atoms with Gasteiger partial charge < -0.3 is 14.7 Å². The van der Waals surface area contributed by atoms with Crippen molar-refractivity contribution in [2.24, 2.45) is 0 Å². The van der Waals surface area contributed by atoms with Crippen molar-refractivity contribution in [2.75, 3.05) is 6.54 Å². The topological polar surface area (TPSA) is 54.2 Å². The average molecular weight is 447 g/mol. The zero-order valence-corrected chi connectivity index (χ0v) is 20.2. The highest BCUT2D eigenvalue weighted by molar-refractivity contribution is 7.80. The molecule has 0 radical (unpaired) electrons. The van der Waals surface area contributed by atoms with Gasteiger partial charge in [0.2, 0.25) is 5.82 Å². The number of allylic oxidation sites excluding steroid dienone is 1. The highest BCUT2D eigenvalue weighted by atomic mass is 32.1. The van der Waals surface area contributed by atoms with Crippen molar-refractivity contribution in [2.45, 2.75) is 53.5 Å². The van der Waals surface area contributed by atoms with Gasteiger partial charge in [0, 0.05) is 17.8 Å². The lowest BCUT2D eigenvalue weighted by Gasteiger charge is -2.37. The Kier molecular flexibility index (Phi) is 6.42. The molecule has 0 saturated carbocycles. The number of thiocarbonyl (C=S) groups is 1. The van der Waals surface area contributed by atoms with Crippen LogP contribution in [0.2, 0.25) is 0 Å². The molecule has 3 aromatic rings. The van der Waals surface area contributed by atoms with Crippen LogP contribution in [0.25, 0.3) is 17.0 Å². The second-order valence-electron chi connectivity index (χ2n) is 8.52. The van der Waals surface area contributed by atoms with E-state index in [4.69, 9.17) is 21.7 Å². The number of hydrogen-bond acceptors (Lipinski definition) is 4. The third-order valence-corrected chi connectivity index (χ3v) is 6.50. The quantitative estimate of drug-likeness (QED) is 0.460. The van der Waals surface area contributed by atoms with Gasteiger partial charge in [-0.05, 0) is 63.0 Å². The summed E-state index contributed by atoms with van der Waals surface area (Å²) in [7, 11) is 0. The Balaban J connectivity index is 1.80. The van der Waals surface area contributed by atoms with Crippen LogP contribution >= 0.6 is 12.2 Å². The Labute approximate surface area is 195 Å². The third-order valence-electron chi connectivity index (χ3n) is 6.16. The minimum atomic E-state index is -0.147. The molecule has 0 fully saturated rings. The highest BCUT2D eigenvalue weighted by Crippen LogP contribution is 2.38. The van der Waals surface area contributed by atoms with Crippen LogP contribution in [-0.2, 0) is 0 Å². The molecule has 4 rings (SSSR count). The summed E-state index contributed by atoms with van der Waals surface area (Å²) in [5, 5.41) is 8.58. The summed E-state index contributed by atoms with van der Waals surface area (Å²) in [6.45, 7) is 11.5. The summed E-state index contributed by atoms with van der Waals surface area (Å²) in [6.07, 6.45) is 2.15. The van der Waals surface area contributed by atoms with Gasteiger partial charge in [0.15, 0.2) is 5.11 Å². The smallest absolute Gasteiger partial charge is 0.258 e. The number of hydrogen-bond donors (Lipinski definition) is 1. The van der Waals surface area contributed by atoms with Gasteiger partial charge in [-0.2, -0.15) is 4.98 Å². The monoisotopic (exact) mass is 446 g/mol. The van der Waals surface area contributed by atoms with E-state index in [9.17, 15) is 0 Å². The van der Waals surface area contributed by atoms with Crippen molar-refractivity contribution < 1.29 is 4.52 Å². The Morgan fingerprint density at radius 2 is 1.78 bits per heavy atom. The molecular weight excluding hydrogens is 416 g/mol. The molecule has 0 aliphatic carbocycles. The second kappa shape index (κ2) is 9.25. The normalized spacial score (nSPS) is 16.5. The molecule has 1 aliphatic heterocycles. The van der Waals surface area contributed by atoms with Gasteiger partial charge in [-0.3, -0.25) is 0 Å². The van der Waals surface area contributed by atoms with Crippen LogP contribution in [0.4, 0.5) is 0 Å². The Bertz CT molecular complexity index is 1160. The molecule has 1 aliphatic rings. The standard InChI is InChI=1S/C26H30N4OS/c1-6-7-14-30-19(5)22(23(27-26(30)32)21-13-10-17(3)18(4)15-21)25-28-24(29-31-25)20-11-8-16(2)9-12-20/h8-13,15,23H,6-7,14H2,1-5H3,(H,27,32). The molecule has 0 bridgehead atoms. The fourth-order valence-corrected chi connectivity index (χ4v) is 4.34. The van der Waals surface area contributed by atoms with Gasteiger partial charge in [0.05, 0.1) is 11.6 Å². The maximum absolute atomic E-state index is 5.82. The van der Waals surface area contributed by atoms with Crippen molar-refractivity contribution in [3.8, 4) is 11.4 Å². The molecule has 2 aromatic carbocycles. The first-order valence-electron chi connectivity index (χ1n) is 11.2. The Morgan fingerprint density at radius 3 is 2.47 bits per heavy atom. The fraction of sp³-hybridized carbons (Fsp3) is 0.346. The molecular formula is C26H30N4OS. The lowest BCUT2D eigenvalue weighted by atomic mass is 9.92. The predicted molar refractivity (Wildman–Crippen MR) is 133 cm³/mol. The molecule has 5 nitrogen and oxygen atoms in total. The van der Waals surface area contributed by atoms with Gasteiger partial charge in [0.25, 0.3) is 5.89 Å². The summed E-state index contributed by atoms with van der Waals surface area (Å²) in [5.74, 6) is 1.12. The van der Waals surface area contributed by atoms with E-state index >= 15 is 0 Å². The van der Waals surface area contributed by atoms with E-state index in [-0.39, 0.29) is 6.04 Å². The lowest BCUT2D eigenvalue weighted by Crippen LogP contribution is -2.46. The molecule has 1 unspecified atom stereocenters. The van der Waals surface area contributed by atoms with Crippen LogP contribution in [-0.4, -0.2) is 26.7 Å². The molecule has 166 valence electrons. The van der Waals surface area contributed by atoms with Crippen molar-refractivity contribution in [1.82, 2.24) is 20.4 Å². The number of aryl methyl sites for hydroxylation is 3. The molecule has 0 saturated heterocycles. The van der Waals surface area contributed by atoms with Crippen molar-refractivity contribution in [1.29, 1.82) is 0 Å². The van der Waals surface area contributed by atoms with Crippen molar-refractivity contribution >= 4 is 22.9 Å². The first-order valence-corrected chi connectivity index (χ1v) is 11.6. The van der Waals surface area contributed by atoms with E-state index in [1.54, 1.807) is 0 Å². The first-order chi connectivity index (χ1) is 15.4. The van der Waals surface area contributed by atoms with E-state index in [1.807, 2.05) is 12.1 Å². The minimum absolute atomic E-state index is 0.147. The molecule has 2 heterocycles. The zero-order valence-electron chi connectivity index (χ0n) is 19.4. The zero-order chi connectivity index (χ0) is 22.8. The summed E-state index contributed by atoms with van der Waals surface area (Å²) < 4.78 is 5.82. The second-order valence-corrected chi connectivity index (χ2v) is 8.91. The predicted octanol–water partition coefficient (Wildman–Crippen LogP) is 6.12. The number of nitrogens with one attached hydrogen (secondary N) is 1. The lowest BCUT2D eigenvalue weighted by molar-refractivity contribution is 0.395. The molecule has 0 spiro atoms. The summed E-state index contributed by atoms with van der Waals surface area (Å²) in [6, 6.07) is 14.5. The van der Waals surface area contributed by atoms with E-state index in [0.717, 1.165) is 46.9 Å². The van der Waals surface area contributed by atoms with E-state index < -0.39 is 0 Å². The van der Waals surface area contributed by atoms with Gasteiger partial charge >= 0.3 is 0 Å². The highest BCUT2D eigenvalue weighted by Gasteiger charge is 2.34. The summed E-state index contributed by atoms with van der Waals surface area (Å²) >= 11 is 5.76. The SMILES string of the molecule is CCCCN1C(=S)NC(c2ccc(C)c(C)c2)C(c2nc(-c3ccc(C)cc3)no2)=C1C. The number of nitrogens with zero attached hydrogens (tertiary/aromatic N) is 3. The van der Waals surface area contributed by atoms with Crippen LogP contribution in [0.1, 0.15) is 60.9 Å². The minimum Gasteiger partial charge on any atom is -0.351 e. The van der Waals surface area contributed by atoms with E-state index in [0.29, 0.717) is 11.7 Å². The van der Waals surface area contributed by atoms with Crippen LogP contribution in [0, 0.1) is 20.8 Å². The first kappa shape index (κ1) is 22.2.